The van der Waals surface area contributed by atoms with Gasteiger partial charge >= 0.3 is 0 Å². The van der Waals surface area contributed by atoms with Crippen LogP contribution in [0.2, 0.25) is 0 Å². The Morgan fingerprint density at radius 2 is 1.95 bits per heavy atom. The summed E-state index contributed by atoms with van der Waals surface area (Å²) in [4.78, 5) is 11.1. The van der Waals surface area contributed by atoms with Crippen molar-refractivity contribution >= 4 is 6.29 Å². The molecule has 0 radical (unpaired) electrons. The highest BCUT2D eigenvalue weighted by Crippen LogP contribution is 2.28. The van der Waals surface area contributed by atoms with Crippen molar-refractivity contribution in [1.29, 1.82) is 0 Å². The summed E-state index contributed by atoms with van der Waals surface area (Å²) in [5, 5.41) is 0. The van der Waals surface area contributed by atoms with Crippen molar-refractivity contribution in [2.75, 3.05) is 0 Å². The fourth-order valence-electron chi connectivity index (χ4n) is 2.61. The fraction of sp³-hybridized carbons (Fsp3) is 0.353. The number of para-hydroxylation sites is 1. The van der Waals surface area contributed by atoms with Gasteiger partial charge in [-0.3, -0.25) is 4.79 Å². The third-order valence-electron chi connectivity index (χ3n) is 3.92. The predicted octanol–water partition coefficient (Wildman–Crippen LogP) is 4.42. The van der Waals surface area contributed by atoms with Gasteiger partial charge in [-0.15, -0.1) is 0 Å². The van der Waals surface area contributed by atoms with Crippen LogP contribution < -0.4 is 0 Å². The minimum Gasteiger partial charge on any atom is -0.317 e. The first-order chi connectivity index (χ1) is 9.10. The fourth-order valence-corrected chi connectivity index (χ4v) is 2.61. The van der Waals surface area contributed by atoms with Crippen LogP contribution >= 0.6 is 0 Å². The third kappa shape index (κ3) is 2.35. The molecular formula is C17H21NO. The van der Waals surface area contributed by atoms with E-state index in [2.05, 4.69) is 42.7 Å². The number of aryl methyl sites for hydroxylation is 1. The SMILES string of the molecule is CCC(C)c1ccccc1-n1c(C)cc(C=O)c1C. The minimum atomic E-state index is 0.511. The number of benzene rings is 1. The Hall–Kier alpha value is -1.83. The lowest BCUT2D eigenvalue weighted by atomic mass is 9.96. The summed E-state index contributed by atoms with van der Waals surface area (Å²) in [7, 11) is 0. The average Bonchev–Trinajstić information content (AvgIpc) is 2.72. The highest BCUT2D eigenvalue weighted by atomic mass is 16.1. The van der Waals surface area contributed by atoms with Gasteiger partial charge in [0.25, 0.3) is 0 Å². The lowest BCUT2D eigenvalue weighted by molar-refractivity contribution is 0.112. The zero-order valence-corrected chi connectivity index (χ0v) is 12.1. The topological polar surface area (TPSA) is 22.0 Å². The van der Waals surface area contributed by atoms with Crippen molar-refractivity contribution in [3.63, 3.8) is 0 Å². The molecule has 2 nitrogen and oxygen atoms in total. The largest absolute Gasteiger partial charge is 0.317 e. The van der Waals surface area contributed by atoms with Gasteiger partial charge in [0.15, 0.2) is 6.29 Å². The first-order valence-corrected chi connectivity index (χ1v) is 6.83. The van der Waals surface area contributed by atoms with Gasteiger partial charge in [-0.1, -0.05) is 32.0 Å². The molecule has 0 saturated carbocycles. The molecule has 1 unspecified atom stereocenters. The summed E-state index contributed by atoms with van der Waals surface area (Å²) in [5.41, 5.74) is 5.43. The Morgan fingerprint density at radius 3 is 2.53 bits per heavy atom. The molecule has 0 amide bonds. The minimum absolute atomic E-state index is 0.511. The van der Waals surface area contributed by atoms with E-state index >= 15 is 0 Å². The van der Waals surface area contributed by atoms with E-state index in [0.717, 1.165) is 29.7 Å². The number of carbonyl (C=O) groups excluding carboxylic acids is 1. The molecule has 0 aliphatic rings. The van der Waals surface area contributed by atoms with Crippen molar-refractivity contribution in [3.8, 4) is 5.69 Å². The highest BCUT2D eigenvalue weighted by Gasteiger charge is 2.15. The molecule has 0 bridgehead atoms. The first kappa shape index (κ1) is 13.6. The van der Waals surface area contributed by atoms with Crippen LogP contribution in [-0.2, 0) is 0 Å². The zero-order chi connectivity index (χ0) is 14.0. The maximum Gasteiger partial charge on any atom is 0.151 e. The van der Waals surface area contributed by atoms with E-state index in [1.807, 2.05) is 19.9 Å². The van der Waals surface area contributed by atoms with Crippen molar-refractivity contribution in [3.05, 3.63) is 52.8 Å². The Bertz CT molecular complexity index is 595. The molecule has 1 aromatic carbocycles. The number of nitrogens with zero attached hydrogens (tertiary/aromatic N) is 1. The lowest BCUT2D eigenvalue weighted by Gasteiger charge is -2.18. The van der Waals surface area contributed by atoms with Gasteiger partial charge in [-0.25, -0.2) is 0 Å². The molecule has 0 spiro atoms. The van der Waals surface area contributed by atoms with Crippen LogP contribution in [0.1, 0.15) is 53.5 Å². The number of rotatable bonds is 4. The average molecular weight is 255 g/mol. The molecule has 0 saturated heterocycles. The van der Waals surface area contributed by atoms with Gasteiger partial charge in [0.05, 0.1) is 0 Å². The van der Waals surface area contributed by atoms with Gasteiger partial charge in [0, 0.05) is 22.6 Å². The Labute approximate surface area is 115 Å². The van der Waals surface area contributed by atoms with Crippen molar-refractivity contribution < 1.29 is 4.79 Å². The Morgan fingerprint density at radius 1 is 1.26 bits per heavy atom. The monoisotopic (exact) mass is 255 g/mol. The molecule has 1 aromatic heterocycles. The van der Waals surface area contributed by atoms with E-state index in [4.69, 9.17) is 0 Å². The van der Waals surface area contributed by atoms with Gasteiger partial charge < -0.3 is 4.57 Å². The highest BCUT2D eigenvalue weighted by molar-refractivity contribution is 5.77. The van der Waals surface area contributed by atoms with Gasteiger partial charge in [-0.2, -0.15) is 0 Å². The van der Waals surface area contributed by atoms with Crippen molar-refractivity contribution in [2.45, 2.75) is 40.0 Å². The van der Waals surface area contributed by atoms with Crippen LogP contribution in [0.5, 0.6) is 0 Å². The molecule has 2 aromatic rings. The summed E-state index contributed by atoms with van der Waals surface area (Å²) in [5.74, 6) is 0.511. The van der Waals surface area contributed by atoms with Gasteiger partial charge in [-0.05, 0) is 43.9 Å². The maximum atomic E-state index is 11.1. The van der Waals surface area contributed by atoms with E-state index in [1.54, 1.807) is 0 Å². The normalized spacial score (nSPS) is 12.4. The summed E-state index contributed by atoms with van der Waals surface area (Å²) >= 11 is 0. The maximum absolute atomic E-state index is 11.1. The van der Waals surface area contributed by atoms with Crippen molar-refractivity contribution in [1.82, 2.24) is 4.57 Å². The summed E-state index contributed by atoms with van der Waals surface area (Å²) < 4.78 is 2.19. The number of aromatic nitrogens is 1. The predicted molar refractivity (Wildman–Crippen MR) is 79.3 cm³/mol. The zero-order valence-electron chi connectivity index (χ0n) is 12.1. The molecule has 1 atom stereocenters. The number of hydrogen-bond donors (Lipinski definition) is 0. The van der Waals surface area contributed by atoms with E-state index in [-0.39, 0.29) is 0 Å². The second-order valence-electron chi connectivity index (χ2n) is 5.15. The van der Waals surface area contributed by atoms with Crippen LogP contribution in [0, 0.1) is 13.8 Å². The van der Waals surface area contributed by atoms with E-state index < -0.39 is 0 Å². The summed E-state index contributed by atoms with van der Waals surface area (Å²) in [6.45, 7) is 8.50. The van der Waals surface area contributed by atoms with E-state index in [1.165, 1.54) is 11.3 Å². The molecule has 0 fully saturated rings. The van der Waals surface area contributed by atoms with Crippen molar-refractivity contribution in [2.24, 2.45) is 0 Å². The van der Waals surface area contributed by atoms with E-state index in [0.29, 0.717) is 5.92 Å². The molecule has 1 heterocycles. The number of aldehydes is 1. The quantitative estimate of drug-likeness (QED) is 0.741. The van der Waals surface area contributed by atoms with Crippen LogP contribution in [0.3, 0.4) is 0 Å². The molecular weight excluding hydrogens is 234 g/mol. The van der Waals surface area contributed by atoms with Crippen LogP contribution in [0.15, 0.2) is 30.3 Å². The van der Waals surface area contributed by atoms with Crippen LogP contribution in [0.25, 0.3) is 5.69 Å². The molecule has 19 heavy (non-hydrogen) atoms. The molecule has 2 heteroatoms. The molecule has 0 aliphatic carbocycles. The Balaban J connectivity index is 2.66. The van der Waals surface area contributed by atoms with Gasteiger partial charge in [0.1, 0.15) is 0 Å². The Kier molecular flexibility index (Phi) is 3.89. The smallest absolute Gasteiger partial charge is 0.151 e. The standard InChI is InChI=1S/C17H21NO/c1-5-12(2)16-8-6-7-9-17(16)18-13(3)10-15(11-19)14(18)4/h6-12H,5H2,1-4H3. The lowest BCUT2D eigenvalue weighted by Crippen LogP contribution is -2.05. The second kappa shape index (κ2) is 5.43. The molecule has 0 N–H and O–H groups in total. The second-order valence-corrected chi connectivity index (χ2v) is 5.15. The third-order valence-corrected chi connectivity index (χ3v) is 3.92. The van der Waals surface area contributed by atoms with Crippen LogP contribution in [-0.4, -0.2) is 10.9 Å². The first-order valence-electron chi connectivity index (χ1n) is 6.83. The summed E-state index contributed by atoms with van der Waals surface area (Å²) in [6, 6.07) is 10.4. The summed E-state index contributed by atoms with van der Waals surface area (Å²) in [6.07, 6.45) is 2.04. The van der Waals surface area contributed by atoms with Crippen LogP contribution in [0.4, 0.5) is 0 Å². The molecule has 0 aliphatic heterocycles. The van der Waals surface area contributed by atoms with Gasteiger partial charge in [0.2, 0.25) is 0 Å². The molecule has 100 valence electrons. The number of hydrogen-bond acceptors (Lipinski definition) is 1. The number of carbonyl (C=O) groups is 1. The molecule has 2 rings (SSSR count). The van der Waals surface area contributed by atoms with E-state index in [9.17, 15) is 4.79 Å².